The van der Waals surface area contributed by atoms with Gasteiger partial charge < -0.3 is 15.2 Å². The number of ether oxygens (including phenoxy) is 1. The van der Waals surface area contributed by atoms with E-state index in [1.165, 1.54) is 0 Å². The van der Waals surface area contributed by atoms with Crippen molar-refractivity contribution in [3.8, 4) is 0 Å². The molecule has 3 rings (SSSR count). The first-order chi connectivity index (χ1) is 9.05. The van der Waals surface area contributed by atoms with Crippen molar-refractivity contribution >= 4 is 11.9 Å². The van der Waals surface area contributed by atoms with E-state index < -0.39 is 11.6 Å². The highest BCUT2D eigenvalue weighted by molar-refractivity contribution is 5.86. The van der Waals surface area contributed by atoms with Crippen LogP contribution in [0.3, 0.4) is 0 Å². The van der Waals surface area contributed by atoms with Crippen molar-refractivity contribution in [2.75, 3.05) is 7.11 Å². The zero-order valence-electron chi connectivity index (χ0n) is 11.2. The summed E-state index contributed by atoms with van der Waals surface area (Å²) in [5.74, 6) is -0.0439. The van der Waals surface area contributed by atoms with Crippen molar-refractivity contribution in [3.63, 3.8) is 0 Å². The van der Waals surface area contributed by atoms with E-state index >= 15 is 0 Å². The van der Waals surface area contributed by atoms with Gasteiger partial charge in [0.2, 0.25) is 0 Å². The van der Waals surface area contributed by atoms with Crippen molar-refractivity contribution in [1.82, 2.24) is 5.32 Å². The molecule has 0 aromatic carbocycles. The minimum absolute atomic E-state index is 0.00322. The van der Waals surface area contributed by atoms with Gasteiger partial charge in [-0.2, -0.15) is 0 Å². The van der Waals surface area contributed by atoms with E-state index in [1.54, 1.807) is 7.11 Å². The summed E-state index contributed by atoms with van der Waals surface area (Å²) >= 11 is 0. The predicted molar refractivity (Wildman–Crippen MR) is 67.5 cm³/mol. The first-order valence-corrected chi connectivity index (χ1v) is 7.14. The van der Waals surface area contributed by atoms with Crippen LogP contribution in [0.4, 0.5) is 0 Å². The van der Waals surface area contributed by atoms with Crippen LogP contribution in [0.1, 0.15) is 38.5 Å². The second-order valence-corrected chi connectivity index (χ2v) is 6.30. The molecule has 3 aliphatic rings. The number of hydrogen-bond acceptors (Lipinski definition) is 3. The molecule has 4 atom stereocenters. The zero-order valence-corrected chi connectivity index (χ0v) is 11.2. The van der Waals surface area contributed by atoms with Crippen molar-refractivity contribution in [2.24, 2.45) is 17.8 Å². The molecule has 5 heteroatoms. The van der Waals surface area contributed by atoms with Gasteiger partial charge in [0, 0.05) is 13.2 Å². The molecule has 106 valence electrons. The molecule has 0 bridgehead atoms. The molecule has 2 N–H and O–H groups in total. The number of carboxylic acid groups (broad SMARTS) is 1. The van der Waals surface area contributed by atoms with Crippen LogP contribution in [0.2, 0.25) is 0 Å². The molecule has 3 fully saturated rings. The Bertz CT molecular complexity index is 399. The third kappa shape index (κ3) is 1.95. The van der Waals surface area contributed by atoms with E-state index in [0.29, 0.717) is 18.3 Å². The molecular formula is C14H21NO4. The summed E-state index contributed by atoms with van der Waals surface area (Å²) in [7, 11) is 1.60. The molecule has 3 aliphatic carbocycles. The topological polar surface area (TPSA) is 75.6 Å². The maximum atomic E-state index is 12.2. The van der Waals surface area contributed by atoms with Gasteiger partial charge in [0.1, 0.15) is 5.60 Å². The van der Waals surface area contributed by atoms with Gasteiger partial charge in [-0.3, -0.25) is 9.59 Å². The van der Waals surface area contributed by atoms with Gasteiger partial charge in [-0.1, -0.05) is 0 Å². The molecule has 0 heterocycles. The molecule has 5 nitrogen and oxygen atoms in total. The summed E-state index contributed by atoms with van der Waals surface area (Å²) in [6, 6.07) is 0.162. The Morgan fingerprint density at radius 2 is 2.00 bits per heavy atom. The largest absolute Gasteiger partial charge is 0.481 e. The van der Waals surface area contributed by atoms with Crippen molar-refractivity contribution in [2.45, 2.75) is 50.2 Å². The number of carbonyl (C=O) groups is 2. The van der Waals surface area contributed by atoms with Gasteiger partial charge in [-0.25, -0.2) is 0 Å². The fraction of sp³-hybridized carbons (Fsp3) is 0.857. The van der Waals surface area contributed by atoms with E-state index in [1.807, 2.05) is 0 Å². The minimum atomic E-state index is -0.688. The summed E-state index contributed by atoms with van der Waals surface area (Å²) < 4.78 is 5.37. The number of amides is 1. The molecular weight excluding hydrogens is 246 g/mol. The minimum Gasteiger partial charge on any atom is -0.481 e. The Morgan fingerprint density at radius 3 is 2.53 bits per heavy atom. The smallest absolute Gasteiger partial charge is 0.306 e. The second kappa shape index (κ2) is 4.47. The molecule has 0 aromatic rings. The lowest BCUT2D eigenvalue weighted by Gasteiger charge is -2.45. The number of carbonyl (C=O) groups excluding carboxylic acids is 1. The number of carboxylic acids is 1. The summed E-state index contributed by atoms with van der Waals surface area (Å²) in [5.41, 5.74) is -0.601. The van der Waals surface area contributed by atoms with Gasteiger partial charge in [0.05, 0.1) is 5.92 Å². The normalized spacial score (nSPS) is 38.8. The van der Waals surface area contributed by atoms with Crippen LogP contribution < -0.4 is 5.32 Å². The van der Waals surface area contributed by atoms with E-state index in [4.69, 9.17) is 9.84 Å². The number of methoxy groups -OCH3 is 1. The molecule has 0 spiro atoms. The maximum Gasteiger partial charge on any atom is 0.306 e. The maximum absolute atomic E-state index is 12.2. The highest BCUT2D eigenvalue weighted by atomic mass is 16.5. The van der Waals surface area contributed by atoms with Crippen LogP contribution in [0, 0.1) is 17.8 Å². The van der Waals surface area contributed by atoms with E-state index in [0.717, 1.165) is 32.1 Å². The first-order valence-electron chi connectivity index (χ1n) is 7.14. The zero-order chi connectivity index (χ0) is 13.6. The van der Waals surface area contributed by atoms with Crippen LogP contribution in [-0.4, -0.2) is 35.7 Å². The molecule has 1 unspecified atom stereocenters. The van der Waals surface area contributed by atoms with Gasteiger partial charge in [0.25, 0.3) is 5.91 Å². The van der Waals surface area contributed by atoms with Crippen molar-refractivity contribution in [1.29, 1.82) is 0 Å². The molecule has 1 amide bonds. The summed E-state index contributed by atoms with van der Waals surface area (Å²) in [5, 5.41) is 12.1. The molecule has 0 radical (unpaired) electrons. The van der Waals surface area contributed by atoms with Gasteiger partial charge in [-0.05, 0) is 50.4 Å². The average Bonchev–Trinajstić information content (AvgIpc) is 2.63. The highest BCUT2D eigenvalue weighted by Gasteiger charge is 2.52. The predicted octanol–water partition coefficient (Wildman–Crippen LogP) is 1.17. The number of fused-ring (bicyclic) bond motifs is 1. The quantitative estimate of drug-likeness (QED) is 0.801. The van der Waals surface area contributed by atoms with Crippen LogP contribution in [0.15, 0.2) is 0 Å². The van der Waals surface area contributed by atoms with Gasteiger partial charge in [0.15, 0.2) is 0 Å². The summed E-state index contributed by atoms with van der Waals surface area (Å²) in [6.07, 6.45) is 5.06. The lowest BCUT2D eigenvalue weighted by Crippen LogP contribution is -2.59. The fourth-order valence-corrected chi connectivity index (χ4v) is 3.92. The molecule has 0 aliphatic heterocycles. The van der Waals surface area contributed by atoms with Crippen LogP contribution >= 0.6 is 0 Å². The van der Waals surface area contributed by atoms with E-state index in [2.05, 4.69) is 5.32 Å². The molecule has 0 saturated heterocycles. The van der Waals surface area contributed by atoms with E-state index in [9.17, 15) is 9.59 Å². The summed E-state index contributed by atoms with van der Waals surface area (Å²) in [6.45, 7) is 0. The fourth-order valence-electron chi connectivity index (χ4n) is 3.92. The van der Waals surface area contributed by atoms with E-state index in [-0.39, 0.29) is 17.9 Å². The lowest BCUT2D eigenvalue weighted by atomic mass is 9.70. The van der Waals surface area contributed by atoms with Crippen LogP contribution in [0.5, 0.6) is 0 Å². The Morgan fingerprint density at radius 1 is 1.26 bits per heavy atom. The third-order valence-corrected chi connectivity index (χ3v) is 5.45. The molecule has 19 heavy (non-hydrogen) atoms. The lowest BCUT2D eigenvalue weighted by molar-refractivity contribution is -0.156. The second-order valence-electron chi connectivity index (χ2n) is 6.30. The number of aliphatic carboxylic acids is 1. The molecule has 3 saturated carbocycles. The third-order valence-electron chi connectivity index (χ3n) is 5.45. The van der Waals surface area contributed by atoms with Crippen molar-refractivity contribution < 1.29 is 19.4 Å². The Kier molecular flexibility index (Phi) is 3.04. The Hall–Kier alpha value is -1.10. The van der Waals surface area contributed by atoms with Gasteiger partial charge in [-0.15, -0.1) is 0 Å². The van der Waals surface area contributed by atoms with Gasteiger partial charge >= 0.3 is 5.97 Å². The number of rotatable bonds is 4. The highest BCUT2D eigenvalue weighted by Crippen LogP contribution is 2.50. The Labute approximate surface area is 112 Å². The van der Waals surface area contributed by atoms with Crippen LogP contribution in [-0.2, 0) is 14.3 Å². The SMILES string of the molecule is COC1(C(=O)N[C@@H]2C[C@@H]3CC(C(=O)O)C[C@@H]32)CCC1. The first kappa shape index (κ1) is 12.9. The standard InChI is InChI=1S/C14H21NO4/c1-19-14(3-2-4-14)13(18)15-11-7-8-5-9(12(16)17)6-10(8)11/h8-11H,2-7H2,1H3,(H,15,18)(H,16,17)/t8-,9?,10-,11+/m0/s1. The Balaban J connectivity index is 1.56. The summed E-state index contributed by atoms with van der Waals surface area (Å²) in [4.78, 5) is 23.2. The van der Waals surface area contributed by atoms with Crippen LogP contribution in [0.25, 0.3) is 0 Å². The monoisotopic (exact) mass is 267 g/mol. The number of nitrogens with one attached hydrogen (secondary N) is 1. The van der Waals surface area contributed by atoms with Crippen molar-refractivity contribution in [3.05, 3.63) is 0 Å². The number of hydrogen-bond donors (Lipinski definition) is 2. The molecule has 0 aromatic heterocycles. The average molecular weight is 267 g/mol.